The Labute approximate surface area is 116 Å². The average Bonchev–Trinajstić information content (AvgIpc) is 2.36. The normalized spacial score (nSPS) is 25.2. The fourth-order valence-electron chi connectivity index (χ4n) is 2.84. The molecule has 0 aromatic carbocycles. The number of carbonyl (C=O) groups excluding carboxylic acids is 1. The van der Waals surface area contributed by atoms with E-state index in [9.17, 15) is 13.2 Å². The predicted octanol–water partition coefficient (Wildman–Crippen LogP) is 2.16. The summed E-state index contributed by atoms with van der Waals surface area (Å²) < 4.78 is 23.7. The van der Waals surface area contributed by atoms with E-state index >= 15 is 0 Å². The molecular formula is C14H25NO3S. The first-order valence-corrected chi connectivity index (χ1v) is 8.87. The van der Waals surface area contributed by atoms with Gasteiger partial charge < -0.3 is 4.90 Å². The average molecular weight is 287 g/mol. The standard InChI is InChI=1S/C14H25NO3S/c1-5-8-11(2)14(16)15(3)12-9-6-7-10-13(12)19(4,17)18/h8,12-13H,5-7,9-10H2,1-4H3. The number of allylic oxidation sites excluding steroid dienone is 1. The molecule has 1 amide bonds. The number of carbonyl (C=O) groups is 1. The Balaban J connectivity index is 2.92. The first-order chi connectivity index (χ1) is 8.79. The molecular weight excluding hydrogens is 262 g/mol. The molecule has 0 radical (unpaired) electrons. The Morgan fingerprint density at radius 3 is 2.42 bits per heavy atom. The molecule has 0 aromatic heterocycles. The molecule has 19 heavy (non-hydrogen) atoms. The van der Waals surface area contributed by atoms with Gasteiger partial charge in [-0.25, -0.2) is 8.42 Å². The van der Waals surface area contributed by atoms with Gasteiger partial charge in [0.25, 0.3) is 0 Å². The van der Waals surface area contributed by atoms with Crippen LogP contribution in [0.1, 0.15) is 46.0 Å². The molecule has 0 aromatic rings. The van der Waals surface area contributed by atoms with Crippen molar-refractivity contribution >= 4 is 15.7 Å². The van der Waals surface area contributed by atoms with Crippen LogP contribution in [0.2, 0.25) is 0 Å². The maximum atomic E-state index is 12.3. The van der Waals surface area contributed by atoms with Crippen molar-refractivity contribution in [3.63, 3.8) is 0 Å². The molecule has 0 spiro atoms. The third-order valence-electron chi connectivity index (χ3n) is 3.88. The third kappa shape index (κ3) is 4.06. The monoisotopic (exact) mass is 287 g/mol. The van der Waals surface area contributed by atoms with E-state index in [1.165, 1.54) is 6.26 Å². The lowest BCUT2D eigenvalue weighted by Crippen LogP contribution is -2.49. The van der Waals surface area contributed by atoms with E-state index in [1.54, 1.807) is 18.9 Å². The number of amides is 1. The lowest BCUT2D eigenvalue weighted by Gasteiger charge is -2.37. The number of hydrogen-bond donors (Lipinski definition) is 0. The highest BCUT2D eigenvalue weighted by Gasteiger charge is 2.36. The second-order valence-corrected chi connectivity index (χ2v) is 7.70. The van der Waals surface area contributed by atoms with Gasteiger partial charge in [-0.15, -0.1) is 0 Å². The van der Waals surface area contributed by atoms with Crippen molar-refractivity contribution in [1.82, 2.24) is 4.90 Å². The highest BCUT2D eigenvalue weighted by atomic mass is 32.2. The van der Waals surface area contributed by atoms with E-state index in [0.29, 0.717) is 12.0 Å². The number of likely N-dealkylation sites (N-methyl/N-ethyl adjacent to an activating group) is 1. The number of sulfone groups is 1. The summed E-state index contributed by atoms with van der Waals surface area (Å²) in [6, 6.07) is -0.184. The van der Waals surface area contributed by atoms with Gasteiger partial charge in [-0.2, -0.15) is 0 Å². The molecule has 1 saturated carbocycles. The summed E-state index contributed by atoms with van der Waals surface area (Å²) in [7, 11) is -1.38. The molecule has 0 saturated heterocycles. The predicted molar refractivity (Wildman–Crippen MR) is 77.7 cm³/mol. The Bertz CT molecular complexity index is 453. The number of nitrogens with zero attached hydrogens (tertiary/aromatic N) is 1. The van der Waals surface area contributed by atoms with Crippen LogP contribution < -0.4 is 0 Å². The minimum Gasteiger partial charge on any atom is -0.338 e. The van der Waals surface area contributed by atoms with Crippen LogP contribution in [0.15, 0.2) is 11.6 Å². The molecule has 0 aliphatic heterocycles. The van der Waals surface area contributed by atoms with Crippen LogP contribution >= 0.6 is 0 Å². The van der Waals surface area contributed by atoms with Crippen LogP contribution in [0.5, 0.6) is 0 Å². The van der Waals surface area contributed by atoms with Crippen molar-refractivity contribution < 1.29 is 13.2 Å². The van der Waals surface area contributed by atoms with Crippen molar-refractivity contribution in [2.45, 2.75) is 57.2 Å². The Morgan fingerprint density at radius 1 is 1.32 bits per heavy atom. The van der Waals surface area contributed by atoms with Gasteiger partial charge in [0.2, 0.25) is 5.91 Å². The number of hydrogen-bond acceptors (Lipinski definition) is 3. The minimum atomic E-state index is -3.10. The molecule has 0 heterocycles. The van der Waals surface area contributed by atoms with Crippen LogP contribution in [0.3, 0.4) is 0 Å². The van der Waals surface area contributed by atoms with Gasteiger partial charge in [0.1, 0.15) is 0 Å². The molecule has 0 N–H and O–H groups in total. The van der Waals surface area contributed by atoms with Gasteiger partial charge in [0.15, 0.2) is 9.84 Å². The van der Waals surface area contributed by atoms with Crippen molar-refractivity contribution in [1.29, 1.82) is 0 Å². The molecule has 1 aliphatic rings. The molecule has 2 unspecified atom stereocenters. The summed E-state index contributed by atoms with van der Waals surface area (Å²) >= 11 is 0. The van der Waals surface area contributed by atoms with Crippen LogP contribution in [-0.2, 0) is 14.6 Å². The second kappa shape index (κ2) is 6.55. The Morgan fingerprint density at radius 2 is 1.89 bits per heavy atom. The van der Waals surface area contributed by atoms with Gasteiger partial charge in [-0.05, 0) is 26.2 Å². The summed E-state index contributed by atoms with van der Waals surface area (Å²) in [6.07, 6.45) is 7.34. The maximum absolute atomic E-state index is 12.3. The Kier molecular flexibility index (Phi) is 5.59. The van der Waals surface area contributed by atoms with Gasteiger partial charge in [0, 0.05) is 24.9 Å². The van der Waals surface area contributed by atoms with Crippen molar-refractivity contribution in [3.8, 4) is 0 Å². The lowest BCUT2D eigenvalue weighted by molar-refractivity contribution is -0.128. The van der Waals surface area contributed by atoms with Gasteiger partial charge in [-0.1, -0.05) is 25.8 Å². The molecule has 5 heteroatoms. The molecule has 1 rings (SSSR count). The van der Waals surface area contributed by atoms with Gasteiger partial charge >= 0.3 is 0 Å². The van der Waals surface area contributed by atoms with Crippen LogP contribution in [-0.4, -0.2) is 43.8 Å². The second-order valence-electron chi connectivity index (χ2n) is 5.43. The molecule has 2 atom stereocenters. The van der Waals surface area contributed by atoms with E-state index in [1.807, 2.05) is 13.0 Å². The first-order valence-electron chi connectivity index (χ1n) is 6.91. The topological polar surface area (TPSA) is 54.5 Å². The van der Waals surface area contributed by atoms with E-state index in [2.05, 4.69) is 0 Å². The largest absolute Gasteiger partial charge is 0.338 e. The summed E-state index contributed by atoms with van der Waals surface area (Å²) in [5.74, 6) is -0.0533. The maximum Gasteiger partial charge on any atom is 0.249 e. The fourth-order valence-corrected chi connectivity index (χ4v) is 4.33. The zero-order chi connectivity index (χ0) is 14.6. The zero-order valence-electron chi connectivity index (χ0n) is 12.3. The van der Waals surface area contributed by atoms with Crippen LogP contribution in [0.25, 0.3) is 0 Å². The summed E-state index contributed by atoms with van der Waals surface area (Å²) in [6.45, 7) is 3.78. The van der Waals surface area contributed by atoms with Gasteiger partial charge in [0.05, 0.1) is 5.25 Å². The molecule has 1 aliphatic carbocycles. The minimum absolute atomic E-state index is 0.0533. The van der Waals surface area contributed by atoms with Gasteiger partial charge in [-0.3, -0.25) is 4.79 Å². The lowest BCUT2D eigenvalue weighted by atomic mass is 9.93. The molecule has 110 valence electrons. The van der Waals surface area contributed by atoms with E-state index in [-0.39, 0.29) is 11.9 Å². The quantitative estimate of drug-likeness (QED) is 0.745. The summed E-state index contributed by atoms with van der Waals surface area (Å²) in [5, 5.41) is -0.412. The fraction of sp³-hybridized carbons (Fsp3) is 0.786. The summed E-state index contributed by atoms with van der Waals surface area (Å²) in [4.78, 5) is 13.9. The molecule has 0 bridgehead atoms. The highest BCUT2D eigenvalue weighted by molar-refractivity contribution is 7.91. The van der Waals surface area contributed by atoms with E-state index in [0.717, 1.165) is 25.7 Å². The van der Waals surface area contributed by atoms with E-state index in [4.69, 9.17) is 0 Å². The van der Waals surface area contributed by atoms with Crippen LogP contribution in [0, 0.1) is 0 Å². The SMILES string of the molecule is CCC=C(C)C(=O)N(C)C1CCCCC1S(C)(=O)=O. The smallest absolute Gasteiger partial charge is 0.249 e. The summed E-state index contributed by atoms with van der Waals surface area (Å²) in [5.41, 5.74) is 0.697. The van der Waals surface area contributed by atoms with Crippen molar-refractivity contribution in [2.75, 3.05) is 13.3 Å². The Hall–Kier alpha value is -0.840. The van der Waals surface area contributed by atoms with Crippen molar-refractivity contribution in [2.24, 2.45) is 0 Å². The third-order valence-corrected chi connectivity index (χ3v) is 5.53. The van der Waals surface area contributed by atoms with E-state index < -0.39 is 15.1 Å². The highest BCUT2D eigenvalue weighted by Crippen LogP contribution is 2.28. The van der Waals surface area contributed by atoms with Crippen LogP contribution in [0.4, 0.5) is 0 Å². The van der Waals surface area contributed by atoms with Crippen molar-refractivity contribution in [3.05, 3.63) is 11.6 Å². The number of rotatable bonds is 4. The molecule has 1 fully saturated rings. The molecule has 4 nitrogen and oxygen atoms in total. The first kappa shape index (κ1) is 16.2. The zero-order valence-corrected chi connectivity index (χ0v) is 13.2.